The SMILES string of the molecule is CCCCC/C=C\CC1OC1CCCCCCCC(=O)OC[C@H](COP(=O)(O)OC[C@@H](O)COP(=O)(O)O)OC(=O)CCCCCCCCC/C=C\CCCCCC. The summed E-state index contributed by atoms with van der Waals surface area (Å²) in [7, 11) is -9.68. The van der Waals surface area contributed by atoms with Gasteiger partial charge in [-0.25, -0.2) is 9.13 Å². The van der Waals surface area contributed by atoms with Gasteiger partial charge in [0.2, 0.25) is 0 Å². The van der Waals surface area contributed by atoms with Crippen LogP contribution in [0.3, 0.4) is 0 Å². The first-order chi connectivity index (χ1) is 27.8. The third-order valence-electron chi connectivity index (χ3n) is 9.73. The highest BCUT2D eigenvalue weighted by Gasteiger charge is 2.36. The molecular weight excluding hydrogens is 790 g/mol. The number of esters is 2. The maximum absolute atomic E-state index is 12.7. The molecule has 1 rings (SSSR count). The van der Waals surface area contributed by atoms with Crippen molar-refractivity contribution in [1.29, 1.82) is 0 Å². The number of unbranched alkanes of at least 4 members (excludes halogenated alkanes) is 18. The number of carbonyl (C=O) groups is 2. The van der Waals surface area contributed by atoms with Crippen LogP contribution in [0, 0.1) is 0 Å². The first kappa shape index (κ1) is 54.6. The molecule has 16 heteroatoms. The van der Waals surface area contributed by atoms with E-state index in [1.807, 2.05) is 0 Å². The van der Waals surface area contributed by atoms with E-state index in [0.717, 1.165) is 77.0 Å². The number of rotatable bonds is 41. The first-order valence-corrected chi connectivity index (χ1v) is 25.2. The van der Waals surface area contributed by atoms with Crippen LogP contribution in [0.15, 0.2) is 24.3 Å². The summed E-state index contributed by atoms with van der Waals surface area (Å²) in [5.41, 5.74) is 0. The summed E-state index contributed by atoms with van der Waals surface area (Å²) in [6, 6.07) is 0. The first-order valence-electron chi connectivity index (χ1n) is 22.2. The lowest BCUT2D eigenvalue weighted by atomic mass is 10.1. The normalized spacial score (nSPS) is 17.8. The van der Waals surface area contributed by atoms with E-state index in [9.17, 15) is 28.7 Å². The van der Waals surface area contributed by atoms with Crippen molar-refractivity contribution in [3.05, 3.63) is 24.3 Å². The summed E-state index contributed by atoms with van der Waals surface area (Å²) in [5.74, 6) is -1.06. The maximum Gasteiger partial charge on any atom is 0.472 e. The van der Waals surface area contributed by atoms with Crippen LogP contribution >= 0.6 is 15.6 Å². The minimum Gasteiger partial charge on any atom is -0.462 e. The highest BCUT2D eigenvalue weighted by molar-refractivity contribution is 7.47. The lowest BCUT2D eigenvalue weighted by Gasteiger charge is -2.20. The van der Waals surface area contributed by atoms with Crippen molar-refractivity contribution < 1.29 is 66.3 Å². The molecule has 0 amide bonds. The number of phosphoric ester groups is 2. The molecule has 1 aliphatic rings. The second-order valence-corrected chi connectivity index (χ2v) is 18.0. The number of carbonyl (C=O) groups excluding carboxylic acids is 2. The molecule has 5 atom stereocenters. The fraction of sp³-hybridized carbons (Fsp3) is 0.857. The fourth-order valence-corrected chi connectivity index (χ4v) is 7.39. The van der Waals surface area contributed by atoms with E-state index in [4.69, 9.17) is 28.5 Å². The van der Waals surface area contributed by atoms with Crippen LogP contribution in [0.1, 0.15) is 181 Å². The van der Waals surface area contributed by atoms with Crippen molar-refractivity contribution in [2.24, 2.45) is 0 Å². The molecule has 1 aliphatic heterocycles. The van der Waals surface area contributed by atoms with Crippen LogP contribution in [0.5, 0.6) is 0 Å². The fourth-order valence-electron chi connectivity index (χ4n) is 6.23. The van der Waals surface area contributed by atoms with E-state index in [0.29, 0.717) is 25.0 Å². The number of ether oxygens (including phenoxy) is 3. The molecule has 0 aliphatic carbocycles. The summed E-state index contributed by atoms with van der Waals surface area (Å²) >= 11 is 0. The Morgan fingerprint density at radius 2 is 1.07 bits per heavy atom. The second kappa shape index (κ2) is 35.2. The minimum atomic E-state index is -4.86. The average Bonchev–Trinajstić information content (AvgIpc) is 3.94. The molecule has 0 aromatic heterocycles. The largest absolute Gasteiger partial charge is 0.472 e. The Hall–Kier alpha value is -1.44. The molecule has 4 N–H and O–H groups in total. The van der Waals surface area contributed by atoms with Crippen LogP contribution in [-0.4, -0.2) is 82.6 Å². The zero-order valence-electron chi connectivity index (χ0n) is 35.6. The van der Waals surface area contributed by atoms with Gasteiger partial charge in [-0.15, -0.1) is 0 Å². The standard InChI is InChI=1S/C42H78O14P2/c1-3-5-7-9-11-12-13-14-15-16-17-18-19-23-28-32-42(45)55-38(36-54-58(49,50)53-34-37(43)33-52-57(46,47)48)35-51-41(44)31-27-24-20-22-26-30-40-39(56-40)29-25-21-10-8-6-4-2/h12-13,21,25,37-40,43H,3-11,14-20,22-24,26-36H2,1-2H3,(H,49,50)(H2,46,47,48)/b13-12-,25-21-/t37-,38+,39?,40?/m0/s1. The number of aliphatic hydroxyl groups is 1. The number of allylic oxidation sites excluding steroid dienone is 3. The van der Waals surface area contributed by atoms with Gasteiger partial charge in [0, 0.05) is 12.8 Å². The van der Waals surface area contributed by atoms with Gasteiger partial charge in [-0.05, 0) is 64.2 Å². The Morgan fingerprint density at radius 3 is 1.69 bits per heavy atom. The average molecular weight is 869 g/mol. The summed E-state index contributed by atoms with van der Waals surface area (Å²) < 4.78 is 53.6. The van der Waals surface area contributed by atoms with Gasteiger partial charge in [-0.1, -0.05) is 128 Å². The number of hydrogen-bond acceptors (Lipinski definition) is 11. The Morgan fingerprint density at radius 1 is 0.586 bits per heavy atom. The monoisotopic (exact) mass is 868 g/mol. The van der Waals surface area contributed by atoms with Crippen LogP contribution < -0.4 is 0 Å². The van der Waals surface area contributed by atoms with Crippen LogP contribution in [0.4, 0.5) is 0 Å². The lowest BCUT2D eigenvalue weighted by molar-refractivity contribution is -0.161. The van der Waals surface area contributed by atoms with E-state index >= 15 is 0 Å². The number of hydrogen-bond donors (Lipinski definition) is 4. The van der Waals surface area contributed by atoms with Crippen LogP contribution in [-0.2, 0) is 46.5 Å². The number of epoxide rings is 1. The predicted octanol–water partition coefficient (Wildman–Crippen LogP) is 10.1. The van der Waals surface area contributed by atoms with E-state index in [1.165, 1.54) is 64.2 Å². The number of aliphatic hydroxyl groups excluding tert-OH is 1. The van der Waals surface area contributed by atoms with Crippen molar-refractivity contribution >= 4 is 27.6 Å². The van der Waals surface area contributed by atoms with Crippen molar-refractivity contribution in [2.75, 3.05) is 26.4 Å². The van der Waals surface area contributed by atoms with E-state index in [2.05, 4.69) is 47.2 Å². The number of phosphoric acid groups is 2. The van der Waals surface area contributed by atoms with Crippen molar-refractivity contribution in [1.82, 2.24) is 0 Å². The molecular formula is C42H78O14P2. The molecule has 1 saturated heterocycles. The minimum absolute atomic E-state index is 0.121. The highest BCUT2D eigenvalue weighted by atomic mass is 31.2. The Kier molecular flexibility index (Phi) is 33.1. The highest BCUT2D eigenvalue weighted by Crippen LogP contribution is 2.44. The van der Waals surface area contributed by atoms with Gasteiger partial charge in [-0.3, -0.25) is 23.2 Å². The molecule has 340 valence electrons. The van der Waals surface area contributed by atoms with Crippen molar-refractivity contribution in [3.8, 4) is 0 Å². The van der Waals surface area contributed by atoms with Crippen molar-refractivity contribution in [2.45, 2.75) is 205 Å². The Bertz CT molecular complexity index is 1190. The molecule has 0 saturated carbocycles. The third kappa shape index (κ3) is 35.3. The van der Waals surface area contributed by atoms with E-state index in [-0.39, 0.29) is 12.8 Å². The van der Waals surface area contributed by atoms with Gasteiger partial charge in [0.25, 0.3) is 0 Å². The molecule has 0 radical (unpaired) electrons. The molecule has 0 aromatic carbocycles. The van der Waals surface area contributed by atoms with Gasteiger partial charge in [0.1, 0.15) is 12.7 Å². The third-order valence-corrected chi connectivity index (χ3v) is 11.2. The Labute approximate surface area is 349 Å². The molecule has 0 spiro atoms. The van der Waals surface area contributed by atoms with E-state index in [1.54, 1.807) is 0 Å². The summed E-state index contributed by atoms with van der Waals surface area (Å²) in [4.78, 5) is 52.7. The van der Waals surface area contributed by atoms with Crippen LogP contribution in [0.2, 0.25) is 0 Å². The molecule has 58 heavy (non-hydrogen) atoms. The molecule has 1 heterocycles. The zero-order valence-corrected chi connectivity index (χ0v) is 37.4. The molecule has 0 bridgehead atoms. The van der Waals surface area contributed by atoms with Gasteiger partial charge in [-0.2, -0.15) is 0 Å². The molecule has 3 unspecified atom stereocenters. The molecule has 0 aromatic rings. The van der Waals surface area contributed by atoms with Gasteiger partial charge >= 0.3 is 27.6 Å². The predicted molar refractivity (Wildman–Crippen MR) is 225 cm³/mol. The summed E-state index contributed by atoms with van der Waals surface area (Å²) in [5, 5.41) is 9.75. The zero-order chi connectivity index (χ0) is 42.7. The quantitative estimate of drug-likeness (QED) is 0.0148. The lowest BCUT2D eigenvalue weighted by Crippen LogP contribution is -2.30. The summed E-state index contributed by atoms with van der Waals surface area (Å²) in [6.45, 7) is 1.70. The smallest absolute Gasteiger partial charge is 0.462 e. The second-order valence-electron chi connectivity index (χ2n) is 15.4. The topological polar surface area (TPSA) is 208 Å². The maximum atomic E-state index is 12.7. The van der Waals surface area contributed by atoms with Crippen LogP contribution in [0.25, 0.3) is 0 Å². The van der Waals surface area contributed by atoms with E-state index < -0.39 is 66.2 Å². The van der Waals surface area contributed by atoms with Gasteiger partial charge in [0.15, 0.2) is 6.10 Å². The molecule has 1 fully saturated rings. The van der Waals surface area contributed by atoms with Gasteiger partial charge < -0.3 is 34.0 Å². The Balaban J connectivity index is 2.36. The van der Waals surface area contributed by atoms with Crippen molar-refractivity contribution in [3.63, 3.8) is 0 Å². The summed E-state index contributed by atoms with van der Waals surface area (Å²) in [6.07, 6.45) is 33.3. The van der Waals surface area contributed by atoms with Gasteiger partial charge in [0.05, 0.1) is 32.0 Å². The molecule has 14 nitrogen and oxygen atoms in total.